The zero-order valence-electron chi connectivity index (χ0n) is 20.4. The lowest BCUT2D eigenvalue weighted by molar-refractivity contribution is -0.142. The van der Waals surface area contributed by atoms with Crippen molar-refractivity contribution in [3.05, 3.63) is 0 Å². The summed E-state index contributed by atoms with van der Waals surface area (Å²) in [5, 5.41) is 17.1. The molecule has 0 aromatic rings. The van der Waals surface area contributed by atoms with E-state index in [1.807, 2.05) is 13.8 Å². The number of rotatable bonds is 17. The van der Waals surface area contributed by atoms with Crippen LogP contribution in [0.2, 0.25) is 0 Å². The Bertz CT molecular complexity index is 699. The minimum atomic E-state index is -1.22. The summed E-state index contributed by atoms with van der Waals surface area (Å²) >= 11 is 0. The Labute approximate surface area is 200 Å². The van der Waals surface area contributed by atoms with Crippen molar-refractivity contribution < 1.29 is 24.3 Å². The number of unbranched alkanes of at least 4 members (excludes halogenated alkanes) is 1. The summed E-state index contributed by atoms with van der Waals surface area (Å²) in [6, 6.07) is -3.89. The highest BCUT2D eigenvalue weighted by Crippen LogP contribution is 2.07. The molecule has 0 saturated heterocycles. The summed E-state index contributed by atoms with van der Waals surface area (Å²) in [4.78, 5) is 53.1. The van der Waals surface area contributed by atoms with Crippen molar-refractivity contribution in [3.8, 4) is 0 Å². The van der Waals surface area contributed by atoms with Gasteiger partial charge in [-0.3, -0.25) is 19.4 Å². The summed E-state index contributed by atoms with van der Waals surface area (Å²) in [6.45, 7) is 5.85. The van der Waals surface area contributed by atoms with E-state index in [2.05, 4.69) is 20.9 Å². The highest BCUT2D eigenvalue weighted by Gasteiger charge is 2.29. The van der Waals surface area contributed by atoms with E-state index in [4.69, 9.17) is 22.9 Å². The minimum absolute atomic E-state index is 0.0648. The second-order valence-electron chi connectivity index (χ2n) is 8.34. The van der Waals surface area contributed by atoms with Crippen molar-refractivity contribution in [2.24, 2.45) is 33.8 Å². The molecule has 0 aliphatic carbocycles. The molecule has 196 valence electrons. The lowest BCUT2D eigenvalue weighted by Crippen LogP contribution is -2.56. The normalized spacial score (nSPS) is 15.2. The maximum atomic E-state index is 12.8. The summed E-state index contributed by atoms with van der Waals surface area (Å²) in [6.07, 6.45) is 2.55. The molecular formula is C21H42N8O5. The molecule has 0 radical (unpaired) electrons. The molecule has 0 saturated carbocycles. The largest absolute Gasteiger partial charge is 0.480 e. The fraction of sp³-hybridized carbons (Fsp3) is 0.762. The van der Waals surface area contributed by atoms with E-state index in [1.165, 1.54) is 6.92 Å². The molecule has 3 amide bonds. The molecule has 0 aliphatic heterocycles. The van der Waals surface area contributed by atoms with Crippen LogP contribution >= 0.6 is 0 Å². The van der Waals surface area contributed by atoms with Crippen LogP contribution in [0, 0.1) is 5.92 Å². The van der Waals surface area contributed by atoms with E-state index in [0.717, 1.165) is 0 Å². The number of carboxylic acids is 1. The molecule has 0 fully saturated rings. The van der Waals surface area contributed by atoms with Crippen LogP contribution in [0.25, 0.3) is 0 Å². The Hall–Kier alpha value is -2.93. The smallest absolute Gasteiger partial charge is 0.326 e. The third-order valence-corrected chi connectivity index (χ3v) is 5.45. The van der Waals surface area contributed by atoms with Gasteiger partial charge in [0.2, 0.25) is 17.7 Å². The number of guanidine groups is 1. The standard InChI is InChI=1S/C21H42N8O5/c1-4-12(2)16(23)19(32)27-13(3)17(30)28-14(8-5-6-10-22)18(31)29-15(20(33)34)9-7-11-26-21(24)25/h12-16H,4-11,22-23H2,1-3H3,(H,27,32)(H,28,30)(H,29,31)(H,33,34)(H4,24,25,26). The van der Waals surface area contributed by atoms with Gasteiger partial charge < -0.3 is 44.0 Å². The van der Waals surface area contributed by atoms with E-state index < -0.39 is 47.9 Å². The van der Waals surface area contributed by atoms with Gasteiger partial charge in [0.1, 0.15) is 18.1 Å². The summed E-state index contributed by atoms with van der Waals surface area (Å²) in [5.74, 6) is -3.08. The predicted molar refractivity (Wildman–Crippen MR) is 129 cm³/mol. The molecule has 5 atom stereocenters. The van der Waals surface area contributed by atoms with Crippen LogP contribution in [-0.2, 0) is 19.2 Å². The topological polar surface area (TPSA) is 241 Å². The quantitative estimate of drug-likeness (QED) is 0.0649. The molecular weight excluding hydrogens is 444 g/mol. The first-order chi connectivity index (χ1) is 15.9. The molecule has 12 N–H and O–H groups in total. The molecule has 0 aliphatic rings. The van der Waals surface area contributed by atoms with Gasteiger partial charge in [-0.2, -0.15) is 0 Å². The van der Waals surface area contributed by atoms with E-state index in [1.54, 1.807) is 0 Å². The maximum absolute atomic E-state index is 12.8. The first-order valence-electron chi connectivity index (χ1n) is 11.6. The molecule has 0 bridgehead atoms. The van der Waals surface area contributed by atoms with Gasteiger partial charge in [0.15, 0.2) is 5.96 Å². The molecule has 5 unspecified atom stereocenters. The fourth-order valence-corrected chi connectivity index (χ4v) is 2.98. The number of aliphatic carboxylic acids is 1. The zero-order valence-corrected chi connectivity index (χ0v) is 20.4. The molecule has 13 heteroatoms. The number of hydrogen-bond donors (Lipinski definition) is 8. The monoisotopic (exact) mass is 486 g/mol. The third-order valence-electron chi connectivity index (χ3n) is 5.45. The van der Waals surface area contributed by atoms with E-state index in [-0.39, 0.29) is 31.3 Å². The maximum Gasteiger partial charge on any atom is 0.326 e. The van der Waals surface area contributed by atoms with Gasteiger partial charge in [-0.15, -0.1) is 0 Å². The van der Waals surface area contributed by atoms with Crippen LogP contribution in [-0.4, -0.2) is 72.0 Å². The Morgan fingerprint density at radius 3 is 2.00 bits per heavy atom. The molecule has 0 aromatic carbocycles. The number of carbonyl (C=O) groups excluding carboxylic acids is 3. The van der Waals surface area contributed by atoms with Gasteiger partial charge >= 0.3 is 5.97 Å². The first-order valence-corrected chi connectivity index (χ1v) is 11.6. The van der Waals surface area contributed by atoms with Crippen LogP contribution in [0.15, 0.2) is 4.99 Å². The second kappa shape index (κ2) is 16.6. The van der Waals surface area contributed by atoms with Crippen molar-refractivity contribution >= 4 is 29.7 Å². The van der Waals surface area contributed by atoms with Gasteiger partial charge in [-0.25, -0.2) is 4.79 Å². The van der Waals surface area contributed by atoms with Crippen molar-refractivity contribution in [1.29, 1.82) is 0 Å². The molecule has 0 spiro atoms. The van der Waals surface area contributed by atoms with Crippen molar-refractivity contribution in [3.63, 3.8) is 0 Å². The summed E-state index contributed by atoms with van der Waals surface area (Å²) < 4.78 is 0. The lowest BCUT2D eigenvalue weighted by atomic mass is 9.99. The van der Waals surface area contributed by atoms with E-state index in [0.29, 0.717) is 32.2 Å². The molecule has 13 nitrogen and oxygen atoms in total. The van der Waals surface area contributed by atoms with Gasteiger partial charge in [0.25, 0.3) is 0 Å². The van der Waals surface area contributed by atoms with Gasteiger partial charge in [0, 0.05) is 6.54 Å². The van der Waals surface area contributed by atoms with Crippen LogP contribution in [0.3, 0.4) is 0 Å². The number of aliphatic imine (C=N–C) groups is 1. The zero-order chi connectivity index (χ0) is 26.3. The first kappa shape index (κ1) is 31.1. The van der Waals surface area contributed by atoms with Gasteiger partial charge in [-0.1, -0.05) is 20.3 Å². The SMILES string of the molecule is CCC(C)C(N)C(=O)NC(C)C(=O)NC(CCCCN)C(=O)NC(CCCN=C(N)N)C(=O)O. The average molecular weight is 487 g/mol. The minimum Gasteiger partial charge on any atom is -0.480 e. The number of nitrogens with two attached hydrogens (primary N) is 4. The van der Waals surface area contributed by atoms with Crippen molar-refractivity contribution in [1.82, 2.24) is 16.0 Å². The summed E-state index contributed by atoms with van der Waals surface area (Å²) in [5.41, 5.74) is 21.9. The van der Waals surface area contributed by atoms with Crippen LogP contribution in [0.4, 0.5) is 0 Å². The van der Waals surface area contributed by atoms with Crippen LogP contribution in [0.1, 0.15) is 59.3 Å². The van der Waals surface area contributed by atoms with Crippen molar-refractivity contribution in [2.75, 3.05) is 13.1 Å². The average Bonchev–Trinajstić information content (AvgIpc) is 2.78. The highest BCUT2D eigenvalue weighted by atomic mass is 16.4. The molecule has 0 heterocycles. The molecule has 34 heavy (non-hydrogen) atoms. The Kier molecular flexibility index (Phi) is 15.2. The Morgan fingerprint density at radius 2 is 1.47 bits per heavy atom. The Balaban J connectivity index is 5.15. The van der Waals surface area contributed by atoms with Gasteiger partial charge in [-0.05, 0) is 51.5 Å². The number of nitrogens with one attached hydrogen (secondary N) is 3. The number of carbonyl (C=O) groups is 4. The number of hydrogen-bond acceptors (Lipinski definition) is 7. The fourth-order valence-electron chi connectivity index (χ4n) is 2.98. The summed E-state index contributed by atoms with van der Waals surface area (Å²) in [7, 11) is 0. The van der Waals surface area contributed by atoms with Crippen LogP contribution < -0.4 is 38.9 Å². The van der Waals surface area contributed by atoms with Crippen molar-refractivity contribution in [2.45, 2.75) is 83.5 Å². The molecule has 0 rings (SSSR count). The van der Waals surface area contributed by atoms with E-state index in [9.17, 15) is 24.3 Å². The Morgan fingerprint density at radius 1 is 0.882 bits per heavy atom. The number of nitrogens with zero attached hydrogens (tertiary/aromatic N) is 1. The highest BCUT2D eigenvalue weighted by molar-refractivity contribution is 5.93. The lowest BCUT2D eigenvalue weighted by Gasteiger charge is -2.24. The predicted octanol–water partition coefficient (Wildman–Crippen LogP) is -1.90. The van der Waals surface area contributed by atoms with Gasteiger partial charge in [0.05, 0.1) is 6.04 Å². The van der Waals surface area contributed by atoms with E-state index >= 15 is 0 Å². The third kappa shape index (κ3) is 12.3. The number of amides is 3. The second-order valence-corrected chi connectivity index (χ2v) is 8.34. The number of carboxylic acid groups (broad SMARTS) is 1. The molecule has 0 aromatic heterocycles. The van der Waals surface area contributed by atoms with Crippen LogP contribution in [0.5, 0.6) is 0 Å².